The van der Waals surface area contributed by atoms with E-state index in [9.17, 15) is 40.7 Å². The number of ether oxygens (including phenoxy) is 2. The van der Waals surface area contributed by atoms with Crippen LogP contribution in [0.4, 0.5) is 26.3 Å². The van der Waals surface area contributed by atoms with Gasteiger partial charge < -0.3 is 14.5 Å². The Morgan fingerprint density at radius 1 is 1.06 bits per heavy atom. The van der Waals surface area contributed by atoms with Gasteiger partial charge in [-0.15, -0.1) is 11.3 Å². The number of halogens is 6. The highest BCUT2D eigenvalue weighted by atomic mass is 32.1. The minimum absolute atomic E-state index is 0.0908. The van der Waals surface area contributed by atoms with Gasteiger partial charge in [-0.05, 0) is 44.5 Å². The molecule has 14 heteroatoms. The van der Waals surface area contributed by atoms with Gasteiger partial charge in [0.2, 0.25) is 0 Å². The van der Waals surface area contributed by atoms with Crippen molar-refractivity contribution < 1.29 is 45.4 Å². The highest BCUT2D eigenvalue weighted by molar-refractivity contribution is 7.20. The van der Waals surface area contributed by atoms with Crippen LogP contribution in [0.1, 0.15) is 62.5 Å². The molecule has 2 heterocycles. The first-order valence-electron chi connectivity index (χ1n) is 9.84. The summed E-state index contributed by atoms with van der Waals surface area (Å²) in [5.41, 5.74) is -4.72. The molecule has 2 aromatic heterocycles. The number of aromatic nitrogens is 2. The second-order valence-corrected chi connectivity index (χ2v) is 8.25. The lowest BCUT2D eigenvalue weighted by molar-refractivity contribution is -0.143. The van der Waals surface area contributed by atoms with Crippen LogP contribution in [0.25, 0.3) is 10.2 Å². The molecule has 7 nitrogen and oxygen atoms in total. The highest BCUT2D eigenvalue weighted by Crippen LogP contribution is 2.37. The molecule has 3 rings (SSSR count). The predicted molar refractivity (Wildman–Crippen MR) is 111 cm³/mol. The van der Waals surface area contributed by atoms with Crippen molar-refractivity contribution in [3.05, 3.63) is 61.5 Å². The van der Waals surface area contributed by atoms with Gasteiger partial charge in [0.15, 0.2) is 11.9 Å². The van der Waals surface area contributed by atoms with Crippen molar-refractivity contribution in [3.8, 4) is 0 Å². The van der Waals surface area contributed by atoms with Gasteiger partial charge in [-0.1, -0.05) is 0 Å². The molecule has 0 bridgehead atoms. The summed E-state index contributed by atoms with van der Waals surface area (Å²) in [5.74, 6) is -2.39. The Labute approximate surface area is 196 Å². The van der Waals surface area contributed by atoms with E-state index in [0.717, 1.165) is 11.3 Å². The Hall–Kier alpha value is -3.42. The van der Waals surface area contributed by atoms with Crippen molar-refractivity contribution in [3.63, 3.8) is 0 Å². The summed E-state index contributed by atoms with van der Waals surface area (Å²) in [6, 6.07) is 0.350. The van der Waals surface area contributed by atoms with Gasteiger partial charge in [0.1, 0.15) is 9.71 Å². The molecule has 1 unspecified atom stereocenters. The van der Waals surface area contributed by atoms with Crippen LogP contribution in [0.3, 0.4) is 0 Å². The van der Waals surface area contributed by atoms with E-state index >= 15 is 0 Å². The molecule has 0 amide bonds. The molecule has 0 spiro atoms. The Balaban J connectivity index is 1.96. The average Bonchev–Trinajstić information content (AvgIpc) is 3.09. The van der Waals surface area contributed by atoms with E-state index in [2.05, 4.69) is 9.97 Å². The van der Waals surface area contributed by atoms with Gasteiger partial charge in [-0.2, -0.15) is 26.3 Å². The fourth-order valence-corrected chi connectivity index (χ4v) is 4.18. The van der Waals surface area contributed by atoms with E-state index in [0.29, 0.717) is 5.56 Å². The van der Waals surface area contributed by atoms with E-state index < -0.39 is 52.6 Å². The lowest BCUT2D eigenvalue weighted by Crippen LogP contribution is -2.18. The quantitative estimate of drug-likeness (QED) is 0.355. The van der Waals surface area contributed by atoms with E-state index in [1.807, 2.05) is 0 Å². The Morgan fingerprint density at radius 3 is 2.14 bits per heavy atom. The van der Waals surface area contributed by atoms with Crippen LogP contribution in [0, 0.1) is 6.92 Å². The predicted octanol–water partition coefficient (Wildman–Crippen LogP) is 5.43. The number of aryl methyl sites for hydroxylation is 1. The second-order valence-electron chi connectivity index (χ2n) is 7.25. The Kier molecular flexibility index (Phi) is 6.97. The minimum atomic E-state index is -5.15. The summed E-state index contributed by atoms with van der Waals surface area (Å²) >= 11 is 0.846. The van der Waals surface area contributed by atoms with Crippen molar-refractivity contribution in [1.82, 2.24) is 9.97 Å². The number of carbonyl (C=O) groups is 2. The SMILES string of the molecule is CCOC(=O)c1sc2nc(C(C)OC(=O)c3cc(C(F)(F)F)cc(C(F)(F)F)c3)[nH]c(=O)c2c1C. The number of H-pyrrole nitrogens is 1. The maximum Gasteiger partial charge on any atom is 0.416 e. The molecule has 0 saturated heterocycles. The molecule has 0 aliphatic carbocycles. The van der Waals surface area contributed by atoms with Gasteiger partial charge in [-0.3, -0.25) is 4.79 Å². The molecular formula is C21H16F6N2O5S. The summed E-state index contributed by atoms with van der Waals surface area (Å²) < 4.78 is 88.3. The van der Waals surface area contributed by atoms with Crippen LogP contribution in [0.15, 0.2) is 23.0 Å². The Morgan fingerprint density at radius 2 is 1.63 bits per heavy atom. The van der Waals surface area contributed by atoms with Crippen LogP contribution in [-0.4, -0.2) is 28.5 Å². The second kappa shape index (κ2) is 9.32. The fraction of sp³-hybridized carbons (Fsp3) is 0.333. The van der Waals surface area contributed by atoms with Crippen molar-refractivity contribution in [2.24, 2.45) is 0 Å². The molecule has 188 valence electrons. The number of hydrogen-bond acceptors (Lipinski definition) is 7. The molecule has 1 aromatic carbocycles. The third-order valence-electron chi connectivity index (χ3n) is 4.77. The molecule has 0 saturated carbocycles. The third kappa shape index (κ3) is 5.47. The summed E-state index contributed by atoms with van der Waals surface area (Å²) in [6.45, 7) is 4.42. The molecule has 0 aliphatic heterocycles. The zero-order valence-corrected chi connectivity index (χ0v) is 19.0. The van der Waals surface area contributed by atoms with Crippen LogP contribution >= 0.6 is 11.3 Å². The van der Waals surface area contributed by atoms with Crippen LogP contribution in [-0.2, 0) is 21.8 Å². The number of hydrogen-bond donors (Lipinski definition) is 1. The zero-order valence-electron chi connectivity index (χ0n) is 18.2. The fourth-order valence-electron chi connectivity index (χ4n) is 3.10. The first kappa shape index (κ1) is 26.2. The molecule has 3 aromatic rings. The lowest BCUT2D eigenvalue weighted by Gasteiger charge is -2.16. The number of rotatable bonds is 5. The number of carbonyl (C=O) groups excluding carboxylic acids is 2. The van der Waals surface area contributed by atoms with Crippen LogP contribution in [0.5, 0.6) is 0 Å². The van der Waals surface area contributed by atoms with E-state index in [1.165, 1.54) is 13.8 Å². The molecule has 0 aliphatic rings. The van der Waals surface area contributed by atoms with E-state index in [-0.39, 0.29) is 45.7 Å². The van der Waals surface area contributed by atoms with E-state index in [1.54, 1.807) is 6.92 Å². The highest BCUT2D eigenvalue weighted by Gasteiger charge is 2.38. The molecular weight excluding hydrogens is 506 g/mol. The smallest absolute Gasteiger partial charge is 0.416 e. The minimum Gasteiger partial charge on any atom is -0.462 e. The van der Waals surface area contributed by atoms with Gasteiger partial charge >= 0.3 is 24.3 Å². The van der Waals surface area contributed by atoms with Gasteiger partial charge in [0.25, 0.3) is 5.56 Å². The molecule has 0 radical (unpaired) electrons. The molecule has 1 N–H and O–H groups in total. The first-order valence-corrected chi connectivity index (χ1v) is 10.7. The van der Waals surface area contributed by atoms with Crippen molar-refractivity contribution in [1.29, 1.82) is 0 Å². The lowest BCUT2D eigenvalue weighted by atomic mass is 10.0. The Bertz CT molecular complexity index is 1330. The van der Waals surface area contributed by atoms with Crippen LogP contribution in [0.2, 0.25) is 0 Å². The van der Waals surface area contributed by atoms with E-state index in [4.69, 9.17) is 9.47 Å². The summed E-state index contributed by atoms with van der Waals surface area (Å²) in [6.07, 6.45) is -11.7. The van der Waals surface area contributed by atoms with Gasteiger partial charge in [0.05, 0.1) is 28.7 Å². The van der Waals surface area contributed by atoms with Gasteiger partial charge in [0, 0.05) is 0 Å². The maximum absolute atomic E-state index is 13.1. The summed E-state index contributed by atoms with van der Waals surface area (Å²) in [7, 11) is 0. The number of aromatic amines is 1. The number of alkyl halides is 6. The number of esters is 2. The number of nitrogens with one attached hydrogen (secondary N) is 1. The number of nitrogens with zero attached hydrogens (tertiary/aromatic N) is 1. The zero-order chi connectivity index (χ0) is 26.3. The topological polar surface area (TPSA) is 98.3 Å². The van der Waals surface area contributed by atoms with Crippen molar-refractivity contribution >= 4 is 33.5 Å². The largest absolute Gasteiger partial charge is 0.462 e. The number of benzene rings is 1. The maximum atomic E-state index is 13.1. The molecule has 35 heavy (non-hydrogen) atoms. The summed E-state index contributed by atoms with van der Waals surface area (Å²) in [5, 5.41) is 0.0908. The normalized spacial score (nSPS) is 13.1. The van der Waals surface area contributed by atoms with Crippen LogP contribution < -0.4 is 5.56 Å². The molecule has 1 atom stereocenters. The summed E-state index contributed by atoms with van der Waals surface area (Å²) in [4.78, 5) is 43.8. The first-order chi connectivity index (χ1) is 16.1. The average molecular weight is 522 g/mol. The third-order valence-corrected chi connectivity index (χ3v) is 5.94. The molecule has 0 fully saturated rings. The number of fused-ring (bicyclic) bond motifs is 1. The standard InChI is InChI=1S/C21H16F6N2O5S/c1-4-33-19(32)14-8(2)13-16(30)28-15(29-17(13)35-14)9(3)34-18(31)10-5-11(20(22,23)24)7-12(6-10)21(25,26)27/h5-7,9H,4H2,1-3H3,(H,28,29,30). The van der Waals surface area contributed by atoms with Gasteiger partial charge in [-0.25, -0.2) is 14.6 Å². The van der Waals surface area contributed by atoms with Crippen molar-refractivity contribution in [2.45, 2.75) is 39.2 Å². The van der Waals surface area contributed by atoms with Crippen molar-refractivity contribution in [2.75, 3.05) is 6.61 Å². The monoisotopic (exact) mass is 522 g/mol. The number of thiophene rings is 1.